The molecular formula is C28H29FN2O4. The summed E-state index contributed by atoms with van der Waals surface area (Å²) < 4.78 is 20.6. The summed E-state index contributed by atoms with van der Waals surface area (Å²) in [5, 5.41) is 9.15. The maximum absolute atomic E-state index is 14.8. The van der Waals surface area contributed by atoms with Gasteiger partial charge in [-0.3, -0.25) is 14.6 Å². The van der Waals surface area contributed by atoms with Gasteiger partial charge in [-0.2, -0.15) is 0 Å². The highest BCUT2D eigenvalue weighted by Crippen LogP contribution is 2.38. The summed E-state index contributed by atoms with van der Waals surface area (Å²) in [6.45, 7) is 4.96. The second kappa shape index (κ2) is 10.7. The van der Waals surface area contributed by atoms with Gasteiger partial charge < -0.3 is 14.7 Å². The van der Waals surface area contributed by atoms with Crippen molar-refractivity contribution in [3.05, 3.63) is 82.4 Å². The van der Waals surface area contributed by atoms with Crippen molar-refractivity contribution in [2.75, 3.05) is 13.2 Å². The normalized spacial score (nSPS) is 12.8. The van der Waals surface area contributed by atoms with Crippen LogP contribution in [0.2, 0.25) is 0 Å². The molecule has 1 N–H and O–H groups in total. The van der Waals surface area contributed by atoms with Crippen molar-refractivity contribution >= 4 is 11.9 Å². The number of pyridine rings is 1. The van der Waals surface area contributed by atoms with E-state index < -0.39 is 5.97 Å². The number of hydrogen-bond donors (Lipinski definition) is 1. The number of aliphatic carboxylic acids is 1. The van der Waals surface area contributed by atoms with Gasteiger partial charge in [-0.15, -0.1) is 0 Å². The Morgan fingerprint density at radius 2 is 1.91 bits per heavy atom. The van der Waals surface area contributed by atoms with Crippen LogP contribution in [0.15, 0.2) is 48.5 Å². The third-order valence-electron chi connectivity index (χ3n) is 6.24. The van der Waals surface area contributed by atoms with Gasteiger partial charge in [0.25, 0.3) is 0 Å². The van der Waals surface area contributed by atoms with Crippen LogP contribution in [0, 0.1) is 12.7 Å². The molecule has 3 aromatic rings. The van der Waals surface area contributed by atoms with Crippen LogP contribution in [-0.4, -0.2) is 40.0 Å². The molecule has 0 saturated carbocycles. The van der Waals surface area contributed by atoms with Gasteiger partial charge in [0, 0.05) is 36.5 Å². The predicted molar refractivity (Wildman–Crippen MR) is 131 cm³/mol. The fraction of sp³-hybridized carbons (Fsp3) is 0.321. The first-order valence-corrected chi connectivity index (χ1v) is 11.8. The molecule has 35 heavy (non-hydrogen) atoms. The molecule has 1 amide bonds. The Morgan fingerprint density at radius 1 is 1.11 bits per heavy atom. The van der Waals surface area contributed by atoms with E-state index in [0.717, 1.165) is 28.1 Å². The minimum atomic E-state index is -0.922. The highest BCUT2D eigenvalue weighted by molar-refractivity contribution is 5.80. The smallest absolute Gasteiger partial charge is 0.307 e. The molecule has 1 aliphatic rings. The molecule has 7 heteroatoms. The van der Waals surface area contributed by atoms with Gasteiger partial charge in [0.15, 0.2) is 0 Å². The zero-order valence-corrected chi connectivity index (χ0v) is 20.0. The van der Waals surface area contributed by atoms with Gasteiger partial charge in [-0.25, -0.2) is 4.39 Å². The van der Waals surface area contributed by atoms with E-state index in [1.807, 2.05) is 38.1 Å². The van der Waals surface area contributed by atoms with Crippen LogP contribution in [0.5, 0.6) is 5.75 Å². The van der Waals surface area contributed by atoms with Gasteiger partial charge in [-0.1, -0.05) is 24.3 Å². The Hall–Kier alpha value is -3.74. The first-order valence-electron chi connectivity index (χ1n) is 11.8. The number of ether oxygens (including phenoxy) is 1. The second-order valence-electron chi connectivity index (χ2n) is 8.72. The lowest BCUT2D eigenvalue weighted by atomic mass is 9.89. The Bertz CT molecular complexity index is 1260. The molecule has 182 valence electrons. The van der Waals surface area contributed by atoms with E-state index in [1.54, 1.807) is 23.1 Å². The SMILES string of the molecule is CCOc1cc(CC(=O)O)ccc1-c1ccc(F)c2c1CN(C(=O)CCc1cccc(C)n1)CC2. The fourth-order valence-electron chi connectivity index (χ4n) is 4.58. The maximum Gasteiger partial charge on any atom is 0.307 e. The van der Waals surface area contributed by atoms with Gasteiger partial charge in [0.1, 0.15) is 11.6 Å². The molecular weight excluding hydrogens is 447 g/mol. The standard InChI is InChI=1S/C28H29FN2O4/c1-3-35-26-15-19(16-28(33)34)7-9-23(26)21-10-11-25(29)22-13-14-31(17-24(21)22)27(32)12-8-20-6-4-5-18(2)30-20/h4-7,9-11,15H,3,8,12-14,16-17H2,1-2H3,(H,33,34). The first kappa shape index (κ1) is 24.4. The summed E-state index contributed by atoms with van der Waals surface area (Å²) >= 11 is 0. The van der Waals surface area contributed by atoms with E-state index in [2.05, 4.69) is 4.98 Å². The molecule has 0 spiro atoms. The summed E-state index contributed by atoms with van der Waals surface area (Å²) in [5.41, 5.74) is 5.36. The quantitative estimate of drug-likeness (QED) is 0.508. The highest BCUT2D eigenvalue weighted by atomic mass is 19.1. The number of halogens is 1. The minimum absolute atomic E-state index is 0.0102. The number of carboxylic acid groups (broad SMARTS) is 1. The van der Waals surface area contributed by atoms with Crippen molar-refractivity contribution in [1.29, 1.82) is 0 Å². The molecule has 0 aliphatic carbocycles. The molecule has 4 rings (SSSR count). The maximum atomic E-state index is 14.8. The molecule has 0 atom stereocenters. The van der Waals surface area contributed by atoms with Crippen LogP contribution in [0.4, 0.5) is 4.39 Å². The summed E-state index contributed by atoms with van der Waals surface area (Å²) in [6.07, 6.45) is 1.22. The van der Waals surface area contributed by atoms with E-state index >= 15 is 0 Å². The molecule has 0 radical (unpaired) electrons. The Kier molecular flexibility index (Phi) is 7.44. The first-order chi connectivity index (χ1) is 16.9. The molecule has 6 nitrogen and oxygen atoms in total. The largest absolute Gasteiger partial charge is 0.493 e. The Labute approximate surface area is 204 Å². The van der Waals surface area contributed by atoms with Crippen LogP contribution in [0.25, 0.3) is 11.1 Å². The summed E-state index contributed by atoms with van der Waals surface area (Å²) in [4.78, 5) is 30.4. The van der Waals surface area contributed by atoms with Crippen LogP contribution in [0.3, 0.4) is 0 Å². The predicted octanol–water partition coefficient (Wildman–Crippen LogP) is 4.74. The van der Waals surface area contributed by atoms with Crippen molar-refractivity contribution in [2.24, 2.45) is 0 Å². The monoisotopic (exact) mass is 476 g/mol. The van der Waals surface area contributed by atoms with E-state index in [9.17, 15) is 14.0 Å². The van der Waals surface area contributed by atoms with E-state index in [1.165, 1.54) is 6.07 Å². The Balaban J connectivity index is 1.61. The number of fused-ring (bicyclic) bond motifs is 1. The number of benzene rings is 2. The van der Waals surface area contributed by atoms with Crippen LogP contribution >= 0.6 is 0 Å². The number of carbonyl (C=O) groups is 2. The highest BCUT2D eigenvalue weighted by Gasteiger charge is 2.26. The minimum Gasteiger partial charge on any atom is -0.493 e. The number of aryl methyl sites for hydroxylation is 2. The van der Waals surface area contributed by atoms with E-state index in [4.69, 9.17) is 9.84 Å². The average Bonchev–Trinajstić information content (AvgIpc) is 2.83. The lowest BCUT2D eigenvalue weighted by molar-refractivity contribution is -0.136. The summed E-state index contributed by atoms with van der Waals surface area (Å²) in [5.74, 6) is -0.639. The third kappa shape index (κ3) is 5.67. The fourth-order valence-corrected chi connectivity index (χ4v) is 4.58. The number of rotatable bonds is 8. The number of amides is 1. The van der Waals surface area contributed by atoms with Crippen LogP contribution < -0.4 is 4.74 Å². The van der Waals surface area contributed by atoms with Crippen molar-refractivity contribution < 1.29 is 23.8 Å². The molecule has 0 unspecified atom stereocenters. The van der Waals surface area contributed by atoms with Crippen LogP contribution in [-0.2, 0) is 35.4 Å². The number of nitrogens with zero attached hydrogens (tertiary/aromatic N) is 2. The number of hydrogen-bond acceptors (Lipinski definition) is 4. The molecule has 2 heterocycles. The summed E-state index contributed by atoms with van der Waals surface area (Å²) in [7, 11) is 0. The zero-order chi connectivity index (χ0) is 24.9. The van der Waals surface area contributed by atoms with E-state index in [-0.39, 0.29) is 18.1 Å². The number of aromatic nitrogens is 1. The van der Waals surface area contributed by atoms with Crippen molar-refractivity contribution in [1.82, 2.24) is 9.88 Å². The second-order valence-corrected chi connectivity index (χ2v) is 8.72. The van der Waals surface area contributed by atoms with E-state index in [0.29, 0.717) is 55.8 Å². The lowest BCUT2D eigenvalue weighted by Crippen LogP contribution is -2.36. The van der Waals surface area contributed by atoms with Crippen molar-refractivity contribution in [2.45, 2.75) is 46.1 Å². The molecule has 2 aromatic carbocycles. The number of carboxylic acids is 1. The average molecular weight is 477 g/mol. The van der Waals surface area contributed by atoms with Crippen LogP contribution in [0.1, 0.15) is 41.4 Å². The van der Waals surface area contributed by atoms with Gasteiger partial charge in [-0.05, 0) is 73.2 Å². The molecule has 0 fully saturated rings. The topological polar surface area (TPSA) is 79.7 Å². The molecule has 0 bridgehead atoms. The van der Waals surface area contributed by atoms with Gasteiger partial charge >= 0.3 is 5.97 Å². The molecule has 1 aliphatic heterocycles. The zero-order valence-electron chi connectivity index (χ0n) is 20.0. The molecule has 1 aromatic heterocycles. The van der Waals surface area contributed by atoms with Crippen molar-refractivity contribution in [3.8, 4) is 16.9 Å². The lowest BCUT2D eigenvalue weighted by Gasteiger charge is -2.31. The Morgan fingerprint density at radius 3 is 2.66 bits per heavy atom. The number of carbonyl (C=O) groups excluding carboxylic acids is 1. The summed E-state index contributed by atoms with van der Waals surface area (Å²) in [6, 6.07) is 14.2. The third-order valence-corrected chi connectivity index (χ3v) is 6.24. The van der Waals surface area contributed by atoms with Gasteiger partial charge in [0.2, 0.25) is 5.91 Å². The molecule has 0 saturated heterocycles. The van der Waals surface area contributed by atoms with Gasteiger partial charge in [0.05, 0.1) is 13.0 Å². The van der Waals surface area contributed by atoms with Crippen molar-refractivity contribution in [3.63, 3.8) is 0 Å².